The Balaban J connectivity index is 1.44. The maximum Gasteiger partial charge on any atom is 0.178 e. The molecule has 1 atom stereocenters. The first-order chi connectivity index (χ1) is 16.5. The molecule has 3 N–H and O–H groups in total. The number of pyridine rings is 1. The quantitative estimate of drug-likeness (QED) is 0.330. The Morgan fingerprint density at radius 2 is 2.09 bits per heavy atom. The summed E-state index contributed by atoms with van der Waals surface area (Å²) in [6.45, 7) is 3.78. The Morgan fingerprint density at radius 1 is 1.18 bits per heavy atom. The van der Waals surface area contributed by atoms with Gasteiger partial charge in [-0.25, -0.2) is 23.4 Å². The minimum atomic E-state index is -3.30. The van der Waals surface area contributed by atoms with E-state index in [0.717, 1.165) is 41.1 Å². The Hall–Kier alpha value is -3.08. The molecule has 0 aliphatic carbocycles. The average molecular weight is 495 g/mol. The minimum Gasteiger partial charge on any atom is -0.365 e. The SMILES string of the molecule is CCCS(=O)(=O)c1cccc(Nc2cc(-c3nc(N[C@@H]4CCNC4)c4sccc4n3)ccn2)c1. The normalized spacial score (nSPS) is 16.1. The van der Waals surface area contributed by atoms with E-state index in [-0.39, 0.29) is 5.75 Å². The Labute approximate surface area is 202 Å². The van der Waals surface area contributed by atoms with Crippen LogP contribution in [0.25, 0.3) is 21.6 Å². The Morgan fingerprint density at radius 3 is 2.91 bits per heavy atom. The van der Waals surface area contributed by atoms with Gasteiger partial charge in [-0.05, 0) is 61.2 Å². The van der Waals surface area contributed by atoms with Crippen molar-refractivity contribution in [1.29, 1.82) is 0 Å². The third-order valence-electron chi connectivity index (χ3n) is 5.66. The molecule has 1 aromatic carbocycles. The summed E-state index contributed by atoms with van der Waals surface area (Å²) in [6, 6.07) is 12.9. The van der Waals surface area contributed by atoms with Crippen molar-refractivity contribution in [2.24, 2.45) is 0 Å². The molecule has 8 nitrogen and oxygen atoms in total. The van der Waals surface area contributed by atoms with Gasteiger partial charge in [-0.2, -0.15) is 0 Å². The molecule has 1 saturated heterocycles. The Bertz CT molecular complexity index is 1410. The molecule has 3 aromatic heterocycles. The molecular formula is C24H26N6O2S2. The van der Waals surface area contributed by atoms with Crippen LogP contribution >= 0.6 is 11.3 Å². The molecule has 176 valence electrons. The smallest absolute Gasteiger partial charge is 0.178 e. The van der Waals surface area contributed by atoms with E-state index >= 15 is 0 Å². The highest BCUT2D eigenvalue weighted by molar-refractivity contribution is 7.91. The van der Waals surface area contributed by atoms with Crippen molar-refractivity contribution < 1.29 is 8.42 Å². The van der Waals surface area contributed by atoms with Crippen LogP contribution in [0.3, 0.4) is 0 Å². The molecule has 4 heterocycles. The lowest BCUT2D eigenvalue weighted by molar-refractivity contribution is 0.595. The number of hydrogen-bond acceptors (Lipinski definition) is 9. The lowest BCUT2D eigenvalue weighted by Gasteiger charge is -2.14. The summed E-state index contributed by atoms with van der Waals surface area (Å²) in [6.07, 6.45) is 3.33. The van der Waals surface area contributed by atoms with E-state index in [2.05, 4.69) is 20.9 Å². The molecule has 34 heavy (non-hydrogen) atoms. The molecule has 10 heteroatoms. The van der Waals surface area contributed by atoms with Crippen LogP contribution in [0.15, 0.2) is 58.9 Å². The van der Waals surface area contributed by atoms with Gasteiger partial charge in [0.2, 0.25) is 0 Å². The van der Waals surface area contributed by atoms with Gasteiger partial charge in [-0.15, -0.1) is 11.3 Å². The molecule has 5 rings (SSSR count). The number of thiophene rings is 1. The summed E-state index contributed by atoms with van der Waals surface area (Å²) in [4.78, 5) is 14.3. The van der Waals surface area contributed by atoms with Gasteiger partial charge < -0.3 is 16.0 Å². The number of aromatic nitrogens is 3. The lowest BCUT2D eigenvalue weighted by Crippen LogP contribution is -2.22. The Kier molecular flexibility index (Phi) is 6.44. The molecule has 0 amide bonds. The first-order valence-corrected chi connectivity index (χ1v) is 13.8. The summed E-state index contributed by atoms with van der Waals surface area (Å²) >= 11 is 1.63. The van der Waals surface area contributed by atoms with Gasteiger partial charge in [0.15, 0.2) is 15.7 Å². The number of anilines is 3. The van der Waals surface area contributed by atoms with Gasteiger partial charge in [-0.3, -0.25) is 0 Å². The first kappa shape index (κ1) is 22.7. The molecule has 1 fully saturated rings. The standard InChI is InChI=1S/C24H26N6O2S2/c1-2-12-34(31,32)19-5-3-4-17(14-19)27-21-13-16(6-10-26-21)23-29-20-8-11-33-22(20)24(30-23)28-18-7-9-25-15-18/h3-6,8,10-11,13-14,18,25H,2,7,9,12,15H2,1H3,(H,26,27)(H,28,29,30)/t18-/m1/s1. The third-order valence-corrected chi connectivity index (χ3v) is 8.49. The van der Waals surface area contributed by atoms with Gasteiger partial charge in [0.05, 0.1) is 20.9 Å². The van der Waals surface area contributed by atoms with E-state index in [0.29, 0.717) is 34.7 Å². The fraction of sp³-hybridized carbons (Fsp3) is 0.292. The monoisotopic (exact) mass is 494 g/mol. The van der Waals surface area contributed by atoms with Gasteiger partial charge >= 0.3 is 0 Å². The van der Waals surface area contributed by atoms with Crippen LogP contribution in [0, 0.1) is 0 Å². The predicted molar refractivity (Wildman–Crippen MR) is 138 cm³/mol. The van der Waals surface area contributed by atoms with Gasteiger partial charge in [0, 0.05) is 30.0 Å². The fourth-order valence-corrected chi connectivity index (χ4v) is 6.15. The van der Waals surface area contributed by atoms with E-state index in [1.807, 2.05) is 36.6 Å². The molecule has 0 unspecified atom stereocenters. The van der Waals surface area contributed by atoms with E-state index in [1.165, 1.54) is 0 Å². The van der Waals surface area contributed by atoms with Crippen molar-refractivity contribution in [1.82, 2.24) is 20.3 Å². The first-order valence-electron chi connectivity index (χ1n) is 11.3. The zero-order chi connectivity index (χ0) is 23.5. The maximum absolute atomic E-state index is 12.4. The fourth-order valence-electron chi connectivity index (χ4n) is 4.00. The highest BCUT2D eigenvalue weighted by Crippen LogP contribution is 2.31. The second-order valence-electron chi connectivity index (χ2n) is 8.27. The number of sulfone groups is 1. The molecule has 0 bridgehead atoms. The van der Waals surface area contributed by atoms with Crippen LogP contribution in [-0.2, 0) is 9.84 Å². The van der Waals surface area contributed by atoms with Crippen LogP contribution in [0.5, 0.6) is 0 Å². The molecule has 0 spiro atoms. The van der Waals surface area contributed by atoms with Crippen molar-refractivity contribution >= 4 is 48.7 Å². The average Bonchev–Trinajstić information content (AvgIpc) is 3.51. The van der Waals surface area contributed by atoms with Crippen LogP contribution in [0.1, 0.15) is 19.8 Å². The summed E-state index contributed by atoms with van der Waals surface area (Å²) in [5, 5.41) is 12.2. The second kappa shape index (κ2) is 9.65. The lowest BCUT2D eigenvalue weighted by atomic mass is 10.2. The van der Waals surface area contributed by atoms with Crippen LogP contribution in [0.4, 0.5) is 17.3 Å². The van der Waals surface area contributed by atoms with Crippen LogP contribution in [0.2, 0.25) is 0 Å². The predicted octanol–water partition coefficient (Wildman–Crippen LogP) is 4.45. The topological polar surface area (TPSA) is 109 Å². The summed E-state index contributed by atoms with van der Waals surface area (Å²) in [5.41, 5.74) is 2.39. The van der Waals surface area contributed by atoms with Crippen molar-refractivity contribution in [2.45, 2.75) is 30.7 Å². The van der Waals surface area contributed by atoms with E-state index in [1.54, 1.807) is 35.7 Å². The van der Waals surface area contributed by atoms with Crippen molar-refractivity contribution in [2.75, 3.05) is 29.5 Å². The highest BCUT2D eigenvalue weighted by Gasteiger charge is 2.18. The number of hydrogen-bond donors (Lipinski definition) is 3. The van der Waals surface area contributed by atoms with Crippen molar-refractivity contribution in [3.05, 3.63) is 54.0 Å². The molecule has 0 radical (unpaired) electrons. The number of fused-ring (bicyclic) bond motifs is 1. The second-order valence-corrected chi connectivity index (χ2v) is 11.3. The van der Waals surface area contributed by atoms with E-state index in [4.69, 9.17) is 9.97 Å². The largest absolute Gasteiger partial charge is 0.365 e. The molecule has 1 aliphatic heterocycles. The molecular weight excluding hydrogens is 468 g/mol. The molecule has 1 aliphatic rings. The summed E-state index contributed by atoms with van der Waals surface area (Å²) in [7, 11) is -3.30. The zero-order valence-corrected chi connectivity index (χ0v) is 20.4. The summed E-state index contributed by atoms with van der Waals surface area (Å²) < 4.78 is 25.9. The van der Waals surface area contributed by atoms with Gasteiger partial charge in [0.1, 0.15) is 11.6 Å². The van der Waals surface area contributed by atoms with Gasteiger partial charge in [0.25, 0.3) is 0 Å². The maximum atomic E-state index is 12.4. The zero-order valence-electron chi connectivity index (χ0n) is 18.8. The van der Waals surface area contributed by atoms with Crippen molar-refractivity contribution in [3.63, 3.8) is 0 Å². The molecule has 4 aromatic rings. The number of benzene rings is 1. The van der Waals surface area contributed by atoms with E-state index < -0.39 is 9.84 Å². The number of nitrogens with one attached hydrogen (secondary N) is 3. The minimum absolute atomic E-state index is 0.125. The van der Waals surface area contributed by atoms with E-state index in [9.17, 15) is 8.42 Å². The third kappa shape index (κ3) is 4.89. The van der Waals surface area contributed by atoms with Crippen molar-refractivity contribution in [3.8, 4) is 11.4 Å². The number of nitrogens with zero attached hydrogens (tertiary/aromatic N) is 3. The van der Waals surface area contributed by atoms with Crippen LogP contribution in [-0.4, -0.2) is 48.3 Å². The summed E-state index contributed by atoms with van der Waals surface area (Å²) in [5.74, 6) is 2.18. The van der Waals surface area contributed by atoms with Crippen LogP contribution < -0.4 is 16.0 Å². The number of rotatable bonds is 8. The molecule has 0 saturated carbocycles. The highest BCUT2D eigenvalue weighted by atomic mass is 32.2. The van der Waals surface area contributed by atoms with Gasteiger partial charge in [-0.1, -0.05) is 13.0 Å².